The van der Waals surface area contributed by atoms with Gasteiger partial charge in [0, 0.05) is 31.2 Å². The molecule has 1 saturated carbocycles. The molecule has 1 aliphatic heterocycles. The van der Waals surface area contributed by atoms with Gasteiger partial charge in [0.25, 0.3) is 0 Å². The summed E-state index contributed by atoms with van der Waals surface area (Å²) in [6, 6.07) is 0.185. The zero-order valence-electron chi connectivity index (χ0n) is 14.0. The number of nitrogens with zero attached hydrogens (tertiary/aromatic N) is 2. The fourth-order valence-electron chi connectivity index (χ4n) is 4.09. The highest BCUT2D eigenvalue weighted by Gasteiger charge is 2.35. The van der Waals surface area contributed by atoms with E-state index < -0.39 is 6.09 Å². The van der Waals surface area contributed by atoms with Crippen LogP contribution in [0.2, 0.25) is 0 Å². The van der Waals surface area contributed by atoms with Crippen LogP contribution in [0.5, 0.6) is 0 Å². The Morgan fingerprint density at radius 2 is 1.67 bits per heavy atom. The number of likely N-dealkylation sites (tertiary alicyclic amines) is 1. The van der Waals surface area contributed by atoms with Crippen molar-refractivity contribution in [1.82, 2.24) is 9.80 Å². The van der Waals surface area contributed by atoms with Crippen molar-refractivity contribution < 1.29 is 9.90 Å². The van der Waals surface area contributed by atoms with Gasteiger partial charge in [-0.3, -0.25) is 0 Å². The number of hydrogen-bond acceptors (Lipinski definition) is 2. The maximum atomic E-state index is 11.6. The molecule has 122 valence electrons. The molecule has 1 saturated heterocycles. The van der Waals surface area contributed by atoms with Crippen LogP contribution >= 0.6 is 0 Å². The largest absolute Gasteiger partial charge is 0.465 e. The van der Waals surface area contributed by atoms with Gasteiger partial charge in [0.2, 0.25) is 0 Å². The Labute approximate surface area is 129 Å². The lowest BCUT2D eigenvalue weighted by molar-refractivity contribution is 0.0382. The van der Waals surface area contributed by atoms with Crippen molar-refractivity contribution in [2.45, 2.75) is 77.3 Å². The maximum absolute atomic E-state index is 11.6. The third-order valence-electron chi connectivity index (χ3n) is 5.09. The molecule has 0 aromatic carbocycles. The van der Waals surface area contributed by atoms with Crippen molar-refractivity contribution in [2.75, 3.05) is 19.6 Å². The van der Waals surface area contributed by atoms with Gasteiger partial charge < -0.3 is 14.9 Å². The fraction of sp³-hybridized carbons (Fsp3) is 0.941. The summed E-state index contributed by atoms with van der Waals surface area (Å²) in [5.41, 5.74) is -0.304. The van der Waals surface area contributed by atoms with Gasteiger partial charge in [0.15, 0.2) is 0 Å². The van der Waals surface area contributed by atoms with Gasteiger partial charge in [-0.25, -0.2) is 4.79 Å². The Morgan fingerprint density at radius 1 is 1.10 bits per heavy atom. The van der Waals surface area contributed by atoms with Crippen LogP contribution in [0.4, 0.5) is 4.79 Å². The lowest BCUT2D eigenvalue weighted by Gasteiger charge is -2.44. The smallest absolute Gasteiger partial charge is 0.407 e. The van der Waals surface area contributed by atoms with E-state index in [1.54, 1.807) is 4.90 Å². The van der Waals surface area contributed by atoms with Crippen LogP contribution in [0.1, 0.15) is 65.7 Å². The summed E-state index contributed by atoms with van der Waals surface area (Å²) in [6.45, 7) is 9.33. The first-order valence-corrected chi connectivity index (χ1v) is 8.62. The molecule has 2 rings (SSSR count). The van der Waals surface area contributed by atoms with Crippen LogP contribution < -0.4 is 0 Å². The monoisotopic (exact) mass is 296 g/mol. The summed E-state index contributed by atoms with van der Waals surface area (Å²) in [4.78, 5) is 15.8. The van der Waals surface area contributed by atoms with Gasteiger partial charge in [0.1, 0.15) is 0 Å². The van der Waals surface area contributed by atoms with Crippen molar-refractivity contribution >= 4 is 6.09 Å². The molecule has 21 heavy (non-hydrogen) atoms. The number of amides is 1. The van der Waals surface area contributed by atoms with Gasteiger partial charge in [-0.15, -0.1) is 0 Å². The summed E-state index contributed by atoms with van der Waals surface area (Å²) in [5.74, 6) is 0.883. The van der Waals surface area contributed by atoms with Crippen LogP contribution in [-0.4, -0.2) is 52.2 Å². The first kappa shape index (κ1) is 16.6. The van der Waals surface area contributed by atoms with Crippen LogP contribution in [-0.2, 0) is 0 Å². The van der Waals surface area contributed by atoms with E-state index in [9.17, 15) is 9.90 Å². The van der Waals surface area contributed by atoms with E-state index in [1.807, 2.05) is 20.8 Å². The van der Waals surface area contributed by atoms with E-state index in [-0.39, 0.29) is 11.6 Å². The summed E-state index contributed by atoms with van der Waals surface area (Å²) >= 11 is 0. The zero-order valence-corrected chi connectivity index (χ0v) is 14.0. The molecule has 2 fully saturated rings. The van der Waals surface area contributed by atoms with E-state index in [0.29, 0.717) is 0 Å². The zero-order chi connectivity index (χ0) is 15.5. The second-order valence-electron chi connectivity index (χ2n) is 7.86. The van der Waals surface area contributed by atoms with Crippen LogP contribution in [0.3, 0.4) is 0 Å². The molecule has 4 heteroatoms. The summed E-state index contributed by atoms with van der Waals surface area (Å²) in [5, 5.41) is 9.50. The molecule has 0 spiro atoms. The quantitative estimate of drug-likeness (QED) is 0.861. The Kier molecular flexibility index (Phi) is 5.53. The number of rotatable bonds is 3. The van der Waals surface area contributed by atoms with Crippen LogP contribution in [0.15, 0.2) is 0 Å². The molecule has 0 atom stereocenters. The molecular formula is C17H32N2O2. The van der Waals surface area contributed by atoms with Crippen LogP contribution in [0.25, 0.3) is 0 Å². The predicted octanol–water partition coefficient (Wildman–Crippen LogP) is 3.81. The average molecular weight is 296 g/mol. The Hall–Kier alpha value is -0.770. The van der Waals surface area contributed by atoms with E-state index in [2.05, 4.69) is 4.90 Å². The topological polar surface area (TPSA) is 43.8 Å². The van der Waals surface area contributed by atoms with Gasteiger partial charge in [0.05, 0.1) is 0 Å². The number of carboxylic acid groups (broad SMARTS) is 1. The van der Waals surface area contributed by atoms with Crippen molar-refractivity contribution in [1.29, 1.82) is 0 Å². The molecule has 1 amide bonds. The normalized spacial score (nSPS) is 23.2. The number of piperidine rings is 1. The Bertz CT molecular complexity index is 337. The SMILES string of the molecule is CC(C)(C)N(C(=O)O)C1CCN(CC2CCCCC2)CC1. The van der Waals surface area contributed by atoms with Crippen molar-refractivity contribution in [3.05, 3.63) is 0 Å². The van der Waals surface area contributed by atoms with Gasteiger partial charge >= 0.3 is 6.09 Å². The molecule has 0 bridgehead atoms. The second kappa shape index (κ2) is 6.99. The number of hydrogen-bond donors (Lipinski definition) is 1. The second-order valence-corrected chi connectivity index (χ2v) is 7.86. The predicted molar refractivity (Wildman–Crippen MR) is 85.7 cm³/mol. The highest BCUT2D eigenvalue weighted by molar-refractivity contribution is 5.66. The van der Waals surface area contributed by atoms with E-state index in [0.717, 1.165) is 31.8 Å². The molecule has 0 radical (unpaired) electrons. The van der Waals surface area contributed by atoms with E-state index in [4.69, 9.17) is 0 Å². The average Bonchev–Trinajstić information content (AvgIpc) is 2.40. The molecule has 0 aromatic rings. The lowest BCUT2D eigenvalue weighted by Crippen LogP contribution is -2.55. The molecule has 1 aliphatic carbocycles. The minimum Gasteiger partial charge on any atom is -0.465 e. The Balaban J connectivity index is 1.83. The minimum absolute atomic E-state index is 0.185. The number of carbonyl (C=O) groups is 1. The van der Waals surface area contributed by atoms with Crippen LogP contribution in [0, 0.1) is 5.92 Å². The molecule has 0 unspecified atom stereocenters. The summed E-state index contributed by atoms with van der Waals surface area (Å²) in [6.07, 6.45) is 8.19. The van der Waals surface area contributed by atoms with E-state index in [1.165, 1.54) is 38.6 Å². The van der Waals surface area contributed by atoms with Gasteiger partial charge in [-0.05, 0) is 52.4 Å². The summed E-state index contributed by atoms with van der Waals surface area (Å²) in [7, 11) is 0. The molecular weight excluding hydrogens is 264 g/mol. The van der Waals surface area contributed by atoms with E-state index >= 15 is 0 Å². The highest BCUT2D eigenvalue weighted by atomic mass is 16.4. The summed E-state index contributed by atoms with van der Waals surface area (Å²) < 4.78 is 0. The van der Waals surface area contributed by atoms with Crippen molar-refractivity contribution in [3.63, 3.8) is 0 Å². The van der Waals surface area contributed by atoms with Crippen molar-refractivity contribution in [2.24, 2.45) is 5.92 Å². The Morgan fingerprint density at radius 3 is 2.14 bits per heavy atom. The maximum Gasteiger partial charge on any atom is 0.407 e. The van der Waals surface area contributed by atoms with Crippen molar-refractivity contribution in [3.8, 4) is 0 Å². The van der Waals surface area contributed by atoms with Gasteiger partial charge in [-0.2, -0.15) is 0 Å². The van der Waals surface area contributed by atoms with Gasteiger partial charge in [-0.1, -0.05) is 19.3 Å². The molecule has 2 aliphatic rings. The highest BCUT2D eigenvalue weighted by Crippen LogP contribution is 2.28. The third-order valence-corrected chi connectivity index (χ3v) is 5.09. The standard InChI is InChI=1S/C17H32N2O2/c1-17(2,3)19(16(20)21)15-9-11-18(12-10-15)13-14-7-5-4-6-8-14/h14-15H,4-13H2,1-3H3,(H,20,21). The third kappa shape index (κ3) is 4.60. The lowest BCUT2D eigenvalue weighted by atomic mass is 9.88. The first-order valence-electron chi connectivity index (χ1n) is 8.62. The first-order chi connectivity index (χ1) is 9.88. The molecule has 1 N–H and O–H groups in total. The molecule has 0 aromatic heterocycles. The molecule has 1 heterocycles. The minimum atomic E-state index is -0.770. The fourth-order valence-corrected chi connectivity index (χ4v) is 4.09. The molecule has 4 nitrogen and oxygen atoms in total.